The van der Waals surface area contributed by atoms with Crippen LogP contribution in [-0.2, 0) is 20.1 Å². The number of carbonyl (C=O) groups excluding carboxylic acids is 2. The molecule has 0 aromatic carbocycles. The summed E-state index contributed by atoms with van der Waals surface area (Å²) < 4.78 is 0. The predicted octanol–water partition coefficient (Wildman–Crippen LogP) is 0.374. The van der Waals surface area contributed by atoms with Gasteiger partial charge in [0.2, 0.25) is 0 Å². The molecule has 190 valence electrons. The monoisotopic (exact) mass is 568 g/mol. The first-order valence-electron chi connectivity index (χ1n) is 10.3. The van der Waals surface area contributed by atoms with E-state index in [1.807, 2.05) is 0 Å². The van der Waals surface area contributed by atoms with E-state index < -0.39 is 34.9 Å². The molecule has 0 bridgehead atoms. The van der Waals surface area contributed by atoms with Gasteiger partial charge in [-0.2, -0.15) is 22.0 Å². The van der Waals surface area contributed by atoms with E-state index in [1.165, 1.54) is 35.1 Å². The summed E-state index contributed by atoms with van der Waals surface area (Å²) >= 11 is 5.20. The molecule has 0 radical (unpaired) electrons. The summed E-state index contributed by atoms with van der Waals surface area (Å²) in [5.74, 6) is -1.06. The highest BCUT2D eigenvalue weighted by Gasteiger charge is 2.54. The third-order valence-electron chi connectivity index (χ3n) is 4.99. The van der Waals surface area contributed by atoms with Crippen LogP contribution in [-0.4, -0.2) is 83.4 Å². The van der Waals surface area contributed by atoms with Crippen LogP contribution >= 0.6 is 46.6 Å². The van der Waals surface area contributed by atoms with Crippen LogP contribution in [0.3, 0.4) is 0 Å². The zero-order valence-corrected chi connectivity index (χ0v) is 21.6. The van der Waals surface area contributed by atoms with Crippen LogP contribution in [0.4, 0.5) is 5.13 Å². The van der Waals surface area contributed by atoms with E-state index >= 15 is 0 Å². The van der Waals surface area contributed by atoms with Crippen molar-refractivity contribution in [3.63, 3.8) is 0 Å². The third kappa shape index (κ3) is 5.29. The number of aromatic nitrogens is 3. The van der Waals surface area contributed by atoms with Gasteiger partial charge in [0.1, 0.15) is 22.8 Å². The number of β-lactam (4-membered cyclic amide) rings is 1. The summed E-state index contributed by atoms with van der Waals surface area (Å²) in [5.41, 5.74) is 11.3. The van der Waals surface area contributed by atoms with Crippen molar-refractivity contribution >= 4 is 75.2 Å². The highest BCUT2D eigenvalue weighted by Crippen LogP contribution is 2.45. The normalized spacial score (nSPS) is 19.6. The molecule has 1 fully saturated rings. The average Bonchev–Trinajstić information content (AvgIpc) is 3.29. The van der Waals surface area contributed by atoms with Crippen LogP contribution in [0.5, 0.6) is 0 Å². The Balaban J connectivity index is 1.51. The Morgan fingerprint density at radius 2 is 2.19 bits per heavy atom. The summed E-state index contributed by atoms with van der Waals surface area (Å²) in [6, 6.07) is 0.753. The number of carbonyl (C=O) groups is 3. The maximum absolute atomic E-state index is 13.0. The molecule has 4 rings (SSSR count). The van der Waals surface area contributed by atoms with Crippen molar-refractivity contribution in [2.75, 3.05) is 23.8 Å². The molecule has 0 saturated carbocycles. The fraction of sp³-hybridized carbons (Fsp3) is 0.316. The van der Waals surface area contributed by atoms with Crippen molar-refractivity contribution in [1.29, 1.82) is 0 Å². The number of fused-ring (bicyclic) bond motifs is 1. The van der Waals surface area contributed by atoms with Gasteiger partial charge in [-0.05, 0) is 6.07 Å². The second-order valence-electron chi connectivity index (χ2n) is 7.24. The van der Waals surface area contributed by atoms with Crippen molar-refractivity contribution < 1.29 is 24.7 Å². The third-order valence-corrected chi connectivity index (χ3v) is 9.31. The van der Waals surface area contributed by atoms with E-state index in [1.54, 1.807) is 17.8 Å². The molecule has 1 unspecified atom stereocenters. The quantitative estimate of drug-likeness (QED) is 0.0863. The molecule has 2 aromatic rings. The van der Waals surface area contributed by atoms with Crippen LogP contribution in [0.15, 0.2) is 38.3 Å². The molecule has 36 heavy (non-hydrogen) atoms. The molecule has 7 N–H and O–H groups in total. The van der Waals surface area contributed by atoms with Gasteiger partial charge in [0.15, 0.2) is 10.8 Å². The Hall–Kier alpha value is -2.86. The molecule has 2 aliphatic rings. The standard InChI is InChI=1S/C19H20N8O5S4/c20-2-4-33-5-8-10(1-3-22-25-8)36-11-7-34-17-13(16(29)27(17)14(11)18(30)31)24-15(28)12(26-32)9-6-35-19(21)23-9/h1,3,6,13,17,32H,2,4-5,7,20H2,(H2,21,23)(H,24,28)(H,30,31)/b26-12-/t13-,17?/m1/s1. The number of oxime groups is 1. The van der Waals surface area contributed by atoms with Gasteiger partial charge in [-0.25, -0.2) is 9.78 Å². The van der Waals surface area contributed by atoms with Gasteiger partial charge in [0, 0.05) is 39.0 Å². The van der Waals surface area contributed by atoms with Gasteiger partial charge in [-0.15, -0.1) is 23.1 Å². The molecule has 2 amide bonds. The first-order valence-corrected chi connectivity index (χ1v) is 14.2. The Kier molecular flexibility index (Phi) is 8.35. The van der Waals surface area contributed by atoms with Crippen LogP contribution in [0.2, 0.25) is 0 Å². The minimum Gasteiger partial charge on any atom is -0.477 e. The number of nitrogens with two attached hydrogens (primary N) is 2. The summed E-state index contributed by atoms with van der Waals surface area (Å²) in [7, 11) is 0. The van der Waals surface area contributed by atoms with Crippen molar-refractivity contribution in [1.82, 2.24) is 25.4 Å². The average molecular weight is 569 g/mol. The zero-order chi connectivity index (χ0) is 25.8. The molecule has 13 nitrogen and oxygen atoms in total. The van der Waals surface area contributed by atoms with Crippen molar-refractivity contribution in [2.45, 2.75) is 22.1 Å². The highest BCUT2D eigenvalue weighted by atomic mass is 32.2. The molecule has 2 aromatic heterocycles. The first-order chi connectivity index (χ1) is 17.3. The predicted molar refractivity (Wildman–Crippen MR) is 138 cm³/mol. The van der Waals surface area contributed by atoms with Crippen molar-refractivity contribution in [3.05, 3.63) is 39.6 Å². The summed E-state index contributed by atoms with van der Waals surface area (Å²) in [5, 5.41) is 33.8. The largest absolute Gasteiger partial charge is 0.477 e. The fourth-order valence-corrected chi connectivity index (χ4v) is 7.31. The van der Waals surface area contributed by atoms with Crippen LogP contribution < -0.4 is 16.8 Å². The first kappa shape index (κ1) is 26.2. The Bertz CT molecular complexity index is 1250. The lowest BCUT2D eigenvalue weighted by Crippen LogP contribution is -2.71. The number of carboxylic acids is 1. The minimum atomic E-state index is -1.25. The number of nitrogen functional groups attached to an aromatic ring is 1. The lowest BCUT2D eigenvalue weighted by Gasteiger charge is -2.49. The van der Waals surface area contributed by atoms with Gasteiger partial charge in [-0.1, -0.05) is 16.9 Å². The Morgan fingerprint density at radius 3 is 2.86 bits per heavy atom. The molecular weight excluding hydrogens is 549 g/mol. The molecule has 2 aliphatic heterocycles. The lowest BCUT2D eigenvalue weighted by atomic mass is 10.0. The topological polar surface area (TPSA) is 210 Å². The number of thiazole rings is 1. The van der Waals surface area contributed by atoms with E-state index in [0.717, 1.165) is 26.9 Å². The molecule has 0 spiro atoms. The van der Waals surface area contributed by atoms with E-state index in [-0.39, 0.29) is 16.5 Å². The van der Waals surface area contributed by atoms with E-state index in [9.17, 15) is 24.7 Å². The number of thioether (sulfide) groups is 3. The van der Waals surface area contributed by atoms with Gasteiger partial charge in [0.05, 0.1) is 11.9 Å². The zero-order valence-electron chi connectivity index (χ0n) is 18.4. The van der Waals surface area contributed by atoms with Crippen LogP contribution in [0, 0.1) is 0 Å². The number of amides is 2. The van der Waals surface area contributed by atoms with E-state index in [0.29, 0.717) is 28.6 Å². The number of anilines is 1. The van der Waals surface area contributed by atoms with Crippen LogP contribution in [0.25, 0.3) is 0 Å². The SMILES string of the molecule is NCCSCc1nnccc1SC1=C(C(=O)O)N2C(=O)[C@@H](NC(=O)/C(=N\O)c3csc(N)n3)C2SC1. The van der Waals surface area contributed by atoms with Gasteiger partial charge in [0.25, 0.3) is 11.8 Å². The summed E-state index contributed by atoms with van der Waals surface area (Å²) in [4.78, 5) is 44.1. The van der Waals surface area contributed by atoms with Crippen molar-refractivity contribution in [3.8, 4) is 0 Å². The fourth-order valence-electron chi connectivity index (χ4n) is 3.42. The number of nitrogens with zero attached hydrogens (tertiary/aromatic N) is 5. The number of hydrogen-bond acceptors (Lipinski definition) is 14. The van der Waals surface area contributed by atoms with Gasteiger partial charge < -0.3 is 27.1 Å². The molecule has 4 heterocycles. The molecule has 0 aliphatic carbocycles. The summed E-state index contributed by atoms with van der Waals surface area (Å²) in [6.07, 6.45) is 1.52. The summed E-state index contributed by atoms with van der Waals surface area (Å²) in [6.45, 7) is 0.526. The second kappa shape index (κ2) is 11.5. The highest BCUT2D eigenvalue weighted by molar-refractivity contribution is 8.06. The smallest absolute Gasteiger partial charge is 0.353 e. The Labute approximate surface area is 221 Å². The van der Waals surface area contributed by atoms with Crippen LogP contribution in [0.1, 0.15) is 11.4 Å². The minimum absolute atomic E-state index is 0.0635. The van der Waals surface area contributed by atoms with E-state index in [2.05, 4.69) is 25.7 Å². The molecule has 1 saturated heterocycles. The van der Waals surface area contributed by atoms with Gasteiger partial charge >= 0.3 is 5.97 Å². The molecule has 17 heteroatoms. The maximum atomic E-state index is 13.0. The number of hydrogen-bond donors (Lipinski definition) is 5. The second-order valence-corrected chi connectivity index (χ2v) is 11.5. The number of aliphatic carboxylic acids is 1. The Morgan fingerprint density at radius 1 is 1.39 bits per heavy atom. The number of carboxylic acid groups (broad SMARTS) is 1. The maximum Gasteiger partial charge on any atom is 0.353 e. The van der Waals surface area contributed by atoms with E-state index in [4.69, 9.17) is 11.5 Å². The lowest BCUT2D eigenvalue weighted by molar-refractivity contribution is -0.150. The number of rotatable bonds is 10. The van der Waals surface area contributed by atoms with Crippen molar-refractivity contribution in [2.24, 2.45) is 10.9 Å². The molecular formula is C19H20N8O5S4. The number of nitrogens with one attached hydrogen (secondary N) is 1. The van der Waals surface area contributed by atoms with Gasteiger partial charge in [-0.3, -0.25) is 14.5 Å². The molecule has 2 atom stereocenters.